The van der Waals surface area contributed by atoms with Gasteiger partial charge in [-0.3, -0.25) is 9.48 Å². The van der Waals surface area contributed by atoms with Crippen molar-refractivity contribution in [3.8, 4) is 0 Å². The van der Waals surface area contributed by atoms with E-state index in [-0.39, 0.29) is 18.1 Å². The summed E-state index contributed by atoms with van der Waals surface area (Å²) in [6.45, 7) is 3.28. The third-order valence-corrected chi connectivity index (χ3v) is 5.17. The van der Waals surface area contributed by atoms with Gasteiger partial charge in [0.2, 0.25) is 0 Å². The lowest BCUT2D eigenvalue weighted by molar-refractivity contribution is 0.0199. The topological polar surface area (TPSA) is 73.4 Å². The molecule has 2 fully saturated rings. The second kappa shape index (κ2) is 6.63. The summed E-state index contributed by atoms with van der Waals surface area (Å²) in [6.07, 6.45) is 9.60. The maximum Gasteiger partial charge on any atom is 0.259 e. The lowest BCUT2D eigenvalue weighted by Crippen LogP contribution is -2.42. The first kappa shape index (κ1) is 16.3. The van der Waals surface area contributed by atoms with Crippen LogP contribution in [0.5, 0.6) is 0 Å². The minimum atomic E-state index is -0.0230. The van der Waals surface area contributed by atoms with Gasteiger partial charge in [0.05, 0.1) is 24.5 Å². The van der Waals surface area contributed by atoms with Crippen molar-refractivity contribution < 1.29 is 14.1 Å². The van der Waals surface area contributed by atoms with E-state index >= 15 is 0 Å². The fraction of sp³-hybridized carbons (Fsp3) is 0.611. The molecule has 3 heterocycles. The van der Waals surface area contributed by atoms with Gasteiger partial charge in [-0.25, -0.2) is 0 Å². The molecule has 7 heteroatoms. The Morgan fingerprint density at radius 1 is 1.36 bits per heavy atom. The van der Waals surface area contributed by atoms with E-state index in [1.54, 1.807) is 11.6 Å². The molecule has 4 rings (SSSR count). The molecule has 2 aromatic rings. The zero-order valence-electron chi connectivity index (χ0n) is 14.7. The minimum absolute atomic E-state index is 0.0183. The molecular weight excluding hydrogens is 320 g/mol. The fourth-order valence-electron chi connectivity index (χ4n) is 3.54. The molecule has 1 saturated carbocycles. The number of amides is 1. The van der Waals surface area contributed by atoms with Gasteiger partial charge in [-0.1, -0.05) is 5.16 Å². The first-order valence-electron chi connectivity index (χ1n) is 8.93. The Hall–Kier alpha value is -2.15. The molecule has 1 aliphatic carbocycles. The van der Waals surface area contributed by atoms with Crippen LogP contribution in [-0.4, -0.2) is 51.0 Å². The van der Waals surface area contributed by atoms with Gasteiger partial charge >= 0.3 is 0 Å². The standard InChI is InChI=1S/C18H24N4O3/c1-12-15(9-20-25-12)18(23)22-6-5-17(24-11-13-3-4-13)16(22)7-14-8-19-21(2)10-14/h8-10,13,16-17H,3-7,11H2,1-2H3/t16-,17-/m0/s1. The molecule has 1 amide bonds. The SMILES string of the molecule is Cc1oncc1C(=O)N1CC[C@H](OCC2CC2)[C@@H]1Cc1cnn(C)c1. The van der Waals surface area contributed by atoms with Gasteiger partial charge in [0.15, 0.2) is 0 Å². The number of hydrogen-bond acceptors (Lipinski definition) is 5. The van der Waals surface area contributed by atoms with Crippen molar-refractivity contribution in [1.82, 2.24) is 19.8 Å². The summed E-state index contributed by atoms with van der Waals surface area (Å²) in [5.41, 5.74) is 1.66. The Morgan fingerprint density at radius 2 is 2.20 bits per heavy atom. The predicted molar refractivity (Wildman–Crippen MR) is 90.1 cm³/mol. The van der Waals surface area contributed by atoms with Crippen LogP contribution in [0, 0.1) is 12.8 Å². The van der Waals surface area contributed by atoms with Crippen LogP contribution in [0.2, 0.25) is 0 Å². The lowest BCUT2D eigenvalue weighted by Gasteiger charge is -2.28. The molecule has 134 valence electrons. The second-order valence-electron chi connectivity index (χ2n) is 7.19. The molecule has 1 aliphatic heterocycles. The van der Waals surface area contributed by atoms with Crippen LogP contribution in [0.3, 0.4) is 0 Å². The van der Waals surface area contributed by atoms with Crippen LogP contribution in [0.25, 0.3) is 0 Å². The number of carbonyl (C=O) groups is 1. The highest BCUT2D eigenvalue weighted by Crippen LogP contribution is 2.32. The van der Waals surface area contributed by atoms with Crippen LogP contribution in [0.4, 0.5) is 0 Å². The van der Waals surface area contributed by atoms with Crippen molar-refractivity contribution in [3.05, 3.63) is 35.5 Å². The van der Waals surface area contributed by atoms with Crippen molar-refractivity contribution in [2.75, 3.05) is 13.2 Å². The number of rotatable bonds is 6. The van der Waals surface area contributed by atoms with E-state index in [9.17, 15) is 4.79 Å². The predicted octanol–water partition coefficient (Wildman–Crippen LogP) is 1.97. The van der Waals surface area contributed by atoms with Crippen LogP contribution in [0.15, 0.2) is 23.1 Å². The highest BCUT2D eigenvalue weighted by Gasteiger charge is 2.40. The van der Waals surface area contributed by atoms with E-state index in [0.717, 1.165) is 25.0 Å². The van der Waals surface area contributed by atoms with Crippen LogP contribution < -0.4 is 0 Å². The summed E-state index contributed by atoms with van der Waals surface area (Å²) >= 11 is 0. The number of aromatic nitrogens is 3. The summed E-state index contributed by atoms with van der Waals surface area (Å²) in [7, 11) is 1.91. The van der Waals surface area contributed by atoms with E-state index in [1.807, 2.05) is 24.3 Å². The van der Waals surface area contributed by atoms with E-state index in [0.29, 0.717) is 23.8 Å². The number of likely N-dealkylation sites (tertiary alicyclic amines) is 1. The van der Waals surface area contributed by atoms with E-state index in [2.05, 4.69) is 10.3 Å². The largest absolute Gasteiger partial charge is 0.376 e. The highest BCUT2D eigenvalue weighted by molar-refractivity contribution is 5.95. The first-order chi connectivity index (χ1) is 12.1. The fourth-order valence-corrected chi connectivity index (χ4v) is 3.54. The van der Waals surface area contributed by atoms with Crippen molar-refractivity contribution in [2.24, 2.45) is 13.0 Å². The van der Waals surface area contributed by atoms with Gasteiger partial charge in [0, 0.05) is 26.4 Å². The van der Waals surface area contributed by atoms with Gasteiger partial charge in [0.1, 0.15) is 11.3 Å². The van der Waals surface area contributed by atoms with Gasteiger partial charge in [0.25, 0.3) is 5.91 Å². The average Bonchev–Trinajstić information content (AvgIpc) is 2.97. The highest BCUT2D eigenvalue weighted by atomic mass is 16.5. The molecule has 2 aliphatic rings. The molecular formula is C18H24N4O3. The second-order valence-corrected chi connectivity index (χ2v) is 7.19. The molecule has 7 nitrogen and oxygen atoms in total. The molecule has 1 saturated heterocycles. The third-order valence-electron chi connectivity index (χ3n) is 5.17. The van der Waals surface area contributed by atoms with Crippen LogP contribution in [0.1, 0.15) is 40.9 Å². The lowest BCUT2D eigenvalue weighted by atomic mass is 10.0. The van der Waals surface area contributed by atoms with Crippen LogP contribution >= 0.6 is 0 Å². The molecule has 0 N–H and O–H groups in total. The van der Waals surface area contributed by atoms with Gasteiger partial charge < -0.3 is 14.2 Å². The zero-order valence-corrected chi connectivity index (χ0v) is 14.7. The summed E-state index contributed by atoms with van der Waals surface area (Å²) in [5, 5.41) is 8.00. The molecule has 2 atom stereocenters. The van der Waals surface area contributed by atoms with E-state index in [4.69, 9.17) is 9.26 Å². The molecule has 0 spiro atoms. The number of aryl methyl sites for hydroxylation is 2. The molecule has 0 unspecified atom stereocenters. The Labute approximate surface area is 146 Å². The minimum Gasteiger partial charge on any atom is -0.376 e. The average molecular weight is 344 g/mol. The summed E-state index contributed by atoms with van der Waals surface area (Å²) in [5.74, 6) is 1.25. The number of nitrogens with zero attached hydrogens (tertiary/aromatic N) is 4. The van der Waals surface area contributed by atoms with Crippen molar-refractivity contribution in [2.45, 2.75) is 44.8 Å². The number of ether oxygens (including phenoxy) is 1. The van der Waals surface area contributed by atoms with Gasteiger partial charge in [-0.05, 0) is 44.1 Å². The number of carbonyl (C=O) groups excluding carboxylic acids is 1. The Kier molecular flexibility index (Phi) is 4.33. The monoisotopic (exact) mass is 344 g/mol. The molecule has 0 bridgehead atoms. The molecule has 0 aromatic carbocycles. The Bertz CT molecular complexity index is 749. The zero-order chi connectivity index (χ0) is 17.4. The molecule has 0 radical (unpaired) electrons. The Balaban J connectivity index is 1.53. The summed E-state index contributed by atoms with van der Waals surface area (Å²) < 4.78 is 13.1. The maximum absolute atomic E-state index is 13.0. The first-order valence-corrected chi connectivity index (χ1v) is 8.93. The summed E-state index contributed by atoms with van der Waals surface area (Å²) in [6, 6.07) is 0.0183. The van der Waals surface area contributed by atoms with Crippen LogP contribution in [-0.2, 0) is 18.2 Å². The maximum atomic E-state index is 13.0. The van der Waals surface area contributed by atoms with Crippen molar-refractivity contribution >= 4 is 5.91 Å². The van der Waals surface area contributed by atoms with Crippen molar-refractivity contribution in [3.63, 3.8) is 0 Å². The quantitative estimate of drug-likeness (QED) is 0.801. The van der Waals surface area contributed by atoms with E-state index in [1.165, 1.54) is 19.0 Å². The third kappa shape index (κ3) is 3.46. The molecule has 2 aromatic heterocycles. The Morgan fingerprint density at radius 3 is 2.84 bits per heavy atom. The van der Waals surface area contributed by atoms with Gasteiger partial charge in [-0.2, -0.15) is 5.10 Å². The van der Waals surface area contributed by atoms with Gasteiger partial charge in [-0.15, -0.1) is 0 Å². The smallest absolute Gasteiger partial charge is 0.259 e. The summed E-state index contributed by atoms with van der Waals surface area (Å²) in [4.78, 5) is 14.9. The van der Waals surface area contributed by atoms with E-state index < -0.39 is 0 Å². The normalized spacial score (nSPS) is 23.4. The molecule has 25 heavy (non-hydrogen) atoms. The number of hydrogen-bond donors (Lipinski definition) is 0. The van der Waals surface area contributed by atoms with Crippen molar-refractivity contribution in [1.29, 1.82) is 0 Å².